The van der Waals surface area contributed by atoms with Crippen LogP contribution in [0.25, 0.3) is 55.6 Å². The number of hydrogen-bond acceptors (Lipinski definition) is 2. The summed E-state index contributed by atoms with van der Waals surface area (Å²) in [4.78, 5) is 4.83. The number of benzene rings is 10. The quantitative estimate of drug-likeness (QED) is 0.165. The number of para-hydroxylation sites is 1. The number of anilines is 5. The van der Waals surface area contributed by atoms with Crippen LogP contribution < -0.4 is 9.80 Å². The summed E-state index contributed by atoms with van der Waals surface area (Å²) in [6, 6.07) is 89.6. The first-order chi connectivity index (χ1) is 31.8. The number of fused-ring (bicyclic) bond motifs is 13. The molecule has 0 saturated carbocycles. The molecule has 10 aromatic rings. The molecule has 0 bridgehead atoms. The second-order valence-corrected chi connectivity index (χ2v) is 17.2. The average Bonchev–Trinajstić information content (AvgIpc) is 3.85. The highest BCUT2D eigenvalue weighted by atomic mass is 15.2. The van der Waals surface area contributed by atoms with Gasteiger partial charge in [0.25, 0.3) is 0 Å². The molecule has 10 aromatic carbocycles. The Morgan fingerprint density at radius 1 is 0.312 bits per heavy atom. The monoisotopic (exact) mass is 814 g/mol. The summed E-state index contributed by atoms with van der Waals surface area (Å²) in [6.45, 7) is 0.826. The van der Waals surface area contributed by atoms with E-state index in [4.69, 9.17) is 0 Å². The predicted molar refractivity (Wildman–Crippen MR) is 266 cm³/mol. The first-order valence-electron chi connectivity index (χ1n) is 22.3. The van der Waals surface area contributed by atoms with Gasteiger partial charge in [-0.05, 0) is 132 Å². The highest BCUT2D eigenvalue weighted by molar-refractivity contribution is 6.00. The topological polar surface area (TPSA) is 6.48 Å². The van der Waals surface area contributed by atoms with E-state index in [1.807, 2.05) is 0 Å². The van der Waals surface area contributed by atoms with Crippen LogP contribution in [-0.4, -0.2) is 0 Å². The Bertz CT molecular complexity index is 3360. The lowest BCUT2D eigenvalue weighted by atomic mass is 9.70. The second-order valence-electron chi connectivity index (χ2n) is 17.2. The third-order valence-corrected chi connectivity index (χ3v) is 13.9. The molecule has 0 saturated heterocycles. The van der Waals surface area contributed by atoms with E-state index in [0.29, 0.717) is 0 Å². The van der Waals surface area contributed by atoms with Crippen LogP contribution in [0.4, 0.5) is 28.4 Å². The summed E-state index contributed by atoms with van der Waals surface area (Å²) in [5, 5.41) is 0. The fraction of sp³-hybridized carbons (Fsp3) is 0.0323. The standard InChI is InChI=1S/C62H42N2/c1-2-15-42(16-3-1)43-29-33-47(34-30-43)64(49-39-37-46(38-40-49)63-41-45-17-4-5-18-50(45)54-21-9-13-28-60(54)63)48-35-31-44(32-36-48)51-23-14-27-59-61(51)55-22-8-12-26-58(55)62(59)56-24-10-6-19-52(56)53-20-7-11-25-57(53)62/h1-40H,41H2. The minimum absolute atomic E-state index is 0.371. The van der Waals surface area contributed by atoms with E-state index in [-0.39, 0.29) is 5.41 Å². The lowest BCUT2D eigenvalue weighted by Crippen LogP contribution is -2.25. The molecular formula is C62H42N2. The van der Waals surface area contributed by atoms with E-state index in [0.717, 1.165) is 23.6 Å². The van der Waals surface area contributed by atoms with Gasteiger partial charge in [-0.25, -0.2) is 0 Å². The molecule has 0 amide bonds. The summed E-state index contributed by atoms with van der Waals surface area (Å²) in [5.41, 5.74) is 24.9. The van der Waals surface area contributed by atoms with Crippen molar-refractivity contribution in [3.05, 3.63) is 270 Å². The van der Waals surface area contributed by atoms with Crippen molar-refractivity contribution in [3.8, 4) is 55.6 Å². The molecule has 3 aliphatic rings. The van der Waals surface area contributed by atoms with Crippen LogP contribution in [-0.2, 0) is 12.0 Å². The van der Waals surface area contributed by atoms with Crippen molar-refractivity contribution in [1.82, 2.24) is 0 Å². The Kier molecular flexibility index (Phi) is 8.23. The van der Waals surface area contributed by atoms with Crippen LogP contribution >= 0.6 is 0 Å². The highest BCUT2D eigenvalue weighted by Gasteiger charge is 2.52. The maximum absolute atomic E-state index is 2.44. The Hall–Kier alpha value is -8.20. The van der Waals surface area contributed by atoms with Crippen molar-refractivity contribution in [3.63, 3.8) is 0 Å². The summed E-state index contributed by atoms with van der Waals surface area (Å²) in [5.74, 6) is 0. The predicted octanol–water partition coefficient (Wildman–Crippen LogP) is 16.2. The molecule has 0 atom stereocenters. The molecular weight excluding hydrogens is 773 g/mol. The molecule has 1 aliphatic heterocycles. The van der Waals surface area contributed by atoms with Crippen molar-refractivity contribution in [2.75, 3.05) is 9.80 Å². The van der Waals surface area contributed by atoms with Gasteiger partial charge in [-0.2, -0.15) is 0 Å². The first kappa shape index (κ1) is 36.5. The fourth-order valence-corrected chi connectivity index (χ4v) is 11.2. The molecule has 300 valence electrons. The molecule has 2 aliphatic carbocycles. The van der Waals surface area contributed by atoms with E-state index in [2.05, 4.69) is 252 Å². The Labute approximate surface area is 374 Å². The van der Waals surface area contributed by atoms with Gasteiger partial charge in [0.15, 0.2) is 0 Å². The number of rotatable bonds is 6. The largest absolute Gasteiger partial charge is 0.336 e. The second kappa shape index (κ2) is 14.4. The summed E-state index contributed by atoms with van der Waals surface area (Å²) >= 11 is 0. The zero-order chi connectivity index (χ0) is 42.2. The lowest BCUT2D eigenvalue weighted by Gasteiger charge is -2.33. The third-order valence-electron chi connectivity index (χ3n) is 13.9. The number of nitrogens with zero attached hydrogens (tertiary/aromatic N) is 2. The summed E-state index contributed by atoms with van der Waals surface area (Å²) in [6.07, 6.45) is 0. The molecule has 13 rings (SSSR count). The van der Waals surface area contributed by atoms with Crippen molar-refractivity contribution >= 4 is 28.4 Å². The zero-order valence-corrected chi connectivity index (χ0v) is 35.2. The molecule has 64 heavy (non-hydrogen) atoms. The molecule has 0 N–H and O–H groups in total. The van der Waals surface area contributed by atoms with E-state index in [1.165, 1.54) is 94.8 Å². The van der Waals surface area contributed by atoms with Crippen molar-refractivity contribution in [1.29, 1.82) is 0 Å². The summed E-state index contributed by atoms with van der Waals surface area (Å²) < 4.78 is 0. The van der Waals surface area contributed by atoms with Gasteiger partial charge in [-0.1, -0.05) is 188 Å². The molecule has 1 heterocycles. The Balaban J connectivity index is 0.913. The van der Waals surface area contributed by atoms with Gasteiger partial charge in [-0.3, -0.25) is 0 Å². The van der Waals surface area contributed by atoms with Gasteiger partial charge in [0, 0.05) is 40.5 Å². The maximum Gasteiger partial charge on any atom is 0.0725 e. The highest BCUT2D eigenvalue weighted by Crippen LogP contribution is 2.64. The van der Waals surface area contributed by atoms with Crippen molar-refractivity contribution in [2.45, 2.75) is 12.0 Å². The Morgan fingerprint density at radius 3 is 1.42 bits per heavy atom. The van der Waals surface area contributed by atoms with E-state index < -0.39 is 0 Å². The van der Waals surface area contributed by atoms with E-state index in [1.54, 1.807) is 0 Å². The Morgan fingerprint density at radius 2 is 0.766 bits per heavy atom. The molecule has 0 radical (unpaired) electrons. The normalized spacial score (nSPS) is 13.3. The van der Waals surface area contributed by atoms with Crippen LogP contribution in [0, 0.1) is 0 Å². The van der Waals surface area contributed by atoms with Crippen LogP contribution in [0.3, 0.4) is 0 Å². The molecule has 0 aromatic heterocycles. The van der Waals surface area contributed by atoms with Crippen LogP contribution in [0.15, 0.2) is 243 Å². The van der Waals surface area contributed by atoms with Crippen molar-refractivity contribution < 1.29 is 0 Å². The molecule has 1 spiro atoms. The van der Waals surface area contributed by atoms with Crippen molar-refractivity contribution in [2.24, 2.45) is 0 Å². The minimum atomic E-state index is -0.371. The summed E-state index contributed by atoms with van der Waals surface area (Å²) in [7, 11) is 0. The zero-order valence-electron chi connectivity index (χ0n) is 35.2. The molecule has 0 fully saturated rings. The lowest BCUT2D eigenvalue weighted by molar-refractivity contribution is 0.794. The molecule has 0 unspecified atom stereocenters. The molecule has 2 nitrogen and oxygen atoms in total. The molecule has 2 heteroatoms. The number of hydrogen-bond donors (Lipinski definition) is 0. The fourth-order valence-electron chi connectivity index (χ4n) is 11.2. The first-order valence-corrected chi connectivity index (χ1v) is 22.3. The SMILES string of the molecule is c1ccc(-c2ccc(N(c3ccc(-c4cccc5c4-c4ccccc4C54c5ccccc5-c5ccccc54)cc3)c3ccc(N4Cc5ccccc5-c5ccccc54)cc3)cc2)cc1. The maximum atomic E-state index is 2.44. The van der Waals surface area contributed by atoms with Gasteiger partial charge < -0.3 is 9.80 Å². The van der Waals surface area contributed by atoms with Crippen LogP contribution in [0.1, 0.15) is 27.8 Å². The van der Waals surface area contributed by atoms with Gasteiger partial charge in [-0.15, -0.1) is 0 Å². The van der Waals surface area contributed by atoms with Gasteiger partial charge >= 0.3 is 0 Å². The average molecular weight is 815 g/mol. The van der Waals surface area contributed by atoms with Crippen LogP contribution in [0.2, 0.25) is 0 Å². The van der Waals surface area contributed by atoms with E-state index in [9.17, 15) is 0 Å². The van der Waals surface area contributed by atoms with Crippen LogP contribution in [0.5, 0.6) is 0 Å². The minimum Gasteiger partial charge on any atom is -0.336 e. The van der Waals surface area contributed by atoms with E-state index >= 15 is 0 Å². The van der Waals surface area contributed by atoms with Gasteiger partial charge in [0.2, 0.25) is 0 Å². The third kappa shape index (κ3) is 5.39. The van der Waals surface area contributed by atoms with Gasteiger partial charge in [0.1, 0.15) is 0 Å². The smallest absolute Gasteiger partial charge is 0.0725 e. The van der Waals surface area contributed by atoms with Gasteiger partial charge in [0.05, 0.1) is 5.41 Å².